The van der Waals surface area contributed by atoms with Crippen LogP contribution in [0.15, 0.2) is 48.5 Å². The minimum atomic E-state index is 0.843. The van der Waals surface area contributed by atoms with Crippen molar-refractivity contribution in [3.8, 4) is 5.69 Å². The molecule has 4 rings (SSSR count). The Bertz CT molecular complexity index is 852. The average molecular weight is 336 g/mol. The van der Waals surface area contributed by atoms with Gasteiger partial charge in [-0.25, -0.2) is 4.68 Å². The third-order valence-electron chi connectivity index (χ3n) is 4.70. The van der Waals surface area contributed by atoms with Crippen LogP contribution in [0.4, 0.5) is 5.82 Å². The molecule has 1 fully saturated rings. The maximum Gasteiger partial charge on any atom is 0.148 e. The molecule has 25 heavy (non-hydrogen) atoms. The molecule has 1 aliphatic rings. The summed E-state index contributed by atoms with van der Waals surface area (Å²) in [5.74, 6) is 0.930. The first kappa shape index (κ1) is 16.1. The highest BCUT2D eigenvalue weighted by atomic mass is 16.5. The summed E-state index contributed by atoms with van der Waals surface area (Å²) in [5, 5.41) is 10.7. The van der Waals surface area contributed by atoms with Crippen LogP contribution >= 0.6 is 0 Å². The monoisotopic (exact) mass is 336 g/mol. The lowest BCUT2D eigenvalue weighted by atomic mass is 10.1. The van der Waals surface area contributed by atoms with Crippen molar-refractivity contribution in [3.05, 3.63) is 54.2 Å². The number of nitrogens with one attached hydrogen (secondary N) is 1. The molecule has 0 amide bonds. The summed E-state index contributed by atoms with van der Waals surface area (Å²) >= 11 is 0. The van der Waals surface area contributed by atoms with Gasteiger partial charge in [-0.15, -0.1) is 0 Å². The summed E-state index contributed by atoms with van der Waals surface area (Å²) in [6.45, 7) is 7.73. The van der Waals surface area contributed by atoms with Crippen LogP contribution in [0.1, 0.15) is 5.69 Å². The molecule has 1 saturated heterocycles. The smallest absolute Gasteiger partial charge is 0.148 e. The molecule has 0 radical (unpaired) electrons. The van der Waals surface area contributed by atoms with Gasteiger partial charge in [-0.05, 0) is 29.8 Å². The molecule has 130 valence electrons. The minimum absolute atomic E-state index is 0.843. The Morgan fingerprint density at radius 2 is 1.84 bits per heavy atom. The van der Waals surface area contributed by atoms with E-state index < -0.39 is 0 Å². The van der Waals surface area contributed by atoms with E-state index in [9.17, 15) is 0 Å². The number of benzene rings is 2. The summed E-state index contributed by atoms with van der Waals surface area (Å²) in [6, 6.07) is 17.0. The molecule has 3 aromatic rings. The van der Waals surface area contributed by atoms with Crippen LogP contribution in [0.3, 0.4) is 0 Å². The standard InChI is InChI=1S/C20H24N4O/c1-16-14-20(21-8-9-23-10-12-25-13-11-23)22-24(16)19-7-6-17-4-2-3-5-18(17)15-19/h2-7,14-15H,8-13H2,1H3,(H,21,22). The van der Waals surface area contributed by atoms with Crippen LogP contribution in [-0.2, 0) is 4.74 Å². The van der Waals surface area contributed by atoms with E-state index >= 15 is 0 Å². The Labute approximate surface area is 148 Å². The molecule has 1 aliphatic heterocycles. The first-order chi connectivity index (χ1) is 12.3. The molecule has 0 aliphatic carbocycles. The van der Waals surface area contributed by atoms with Gasteiger partial charge in [0.15, 0.2) is 0 Å². The number of aromatic nitrogens is 2. The van der Waals surface area contributed by atoms with Crippen molar-refractivity contribution in [1.82, 2.24) is 14.7 Å². The second-order valence-electron chi connectivity index (χ2n) is 6.50. The number of aryl methyl sites for hydroxylation is 1. The summed E-state index contributed by atoms with van der Waals surface area (Å²) in [4.78, 5) is 2.42. The van der Waals surface area contributed by atoms with Crippen molar-refractivity contribution < 1.29 is 4.74 Å². The third kappa shape index (κ3) is 3.67. The number of morpholine rings is 1. The molecule has 0 saturated carbocycles. The summed E-state index contributed by atoms with van der Waals surface area (Å²) in [7, 11) is 0. The van der Waals surface area contributed by atoms with E-state index in [1.165, 1.54) is 10.8 Å². The normalized spacial score (nSPS) is 15.6. The topological polar surface area (TPSA) is 42.3 Å². The zero-order valence-corrected chi connectivity index (χ0v) is 14.6. The molecule has 0 unspecified atom stereocenters. The fourth-order valence-corrected chi connectivity index (χ4v) is 3.30. The number of nitrogens with zero attached hydrogens (tertiary/aromatic N) is 3. The fraction of sp³-hybridized carbons (Fsp3) is 0.350. The summed E-state index contributed by atoms with van der Waals surface area (Å²) in [6.07, 6.45) is 0. The second-order valence-corrected chi connectivity index (χ2v) is 6.50. The zero-order chi connectivity index (χ0) is 17.1. The van der Waals surface area contributed by atoms with Crippen LogP contribution in [0.2, 0.25) is 0 Å². The average Bonchev–Trinajstić information content (AvgIpc) is 3.03. The number of fused-ring (bicyclic) bond motifs is 1. The van der Waals surface area contributed by atoms with Crippen molar-refractivity contribution in [3.63, 3.8) is 0 Å². The Kier molecular flexibility index (Phi) is 4.68. The van der Waals surface area contributed by atoms with E-state index in [-0.39, 0.29) is 0 Å². The lowest BCUT2D eigenvalue weighted by molar-refractivity contribution is 0.0398. The number of anilines is 1. The quantitative estimate of drug-likeness (QED) is 0.777. The maximum absolute atomic E-state index is 5.39. The molecular weight excluding hydrogens is 312 g/mol. The van der Waals surface area contributed by atoms with Gasteiger partial charge in [0.2, 0.25) is 0 Å². The van der Waals surface area contributed by atoms with E-state index in [4.69, 9.17) is 9.84 Å². The first-order valence-electron chi connectivity index (χ1n) is 8.89. The van der Waals surface area contributed by atoms with Gasteiger partial charge in [-0.3, -0.25) is 4.90 Å². The molecule has 0 spiro atoms. The second kappa shape index (κ2) is 7.25. The fourth-order valence-electron chi connectivity index (χ4n) is 3.30. The highest BCUT2D eigenvalue weighted by Crippen LogP contribution is 2.20. The zero-order valence-electron chi connectivity index (χ0n) is 14.6. The number of ether oxygens (including phenoxy) is 1. The van der Waals surface area contributed by atoms with E-state index in [0.717, 1.165) is 56.6 Å². The van der Waals surface area contributed by atoms with Gasteiger partial charge in [0, 0.05) is 37.9 Å². The molecular formula is C20H24N4O. The largest absolute Gasteiger partial charge is 0.379 e. The Morgan fingerprint density at radius 3 is 2.68 bits per heavy atom. The van der Waals surface area contributed by atoms with E-state index in [1.807, 2.05) is 4.68 Å². The minimum Gasteiger partial charge on any atom is -0.379 e. The summed E-state index contributed by atoms with van der Waals surface area (Å²) in [5.41, 5.74) is 2.22. The maximum atomic E-state index is 5.39. The molecule has 1 aromatic heterocycles. The Morgan fingerprint density at radius 1 is 1.04 bits per heavy atom. The molecule has 5 nitrogen and oxygen atoms in total. The van der Waals surface area contributed by atoms with Crippen LogP contribution in [0, 0.1) is 6.92 Å². The van der Waals surface area contributed by atoms with Gasteiger partial charge in [-0.2, -0.15) is 5.10 Å². The molecule has 0 bridgehead atoms. The number of hydrogen-bond donors (Lipinski definition) is 1. The molecule has 1 N–H and O–H groups in total. The van der Waals surface area contributed by atoms with Crippen molar-refractivity contribution in [2.45, 2.75) is 6.92 Å². The number of rotatable bonds is 5. The molecule has 0 atom stereocenters. The lowest BCUT2D eigenvalue weighted by Crippen LogP contribution is -2.39. The van der Waals surface area contributed by atoms with Gasteiger partial charge >= 0.3 is 0 Å². The SMILES string of the molecule is Cc1cc(NCCN2CCOCC2)nn1-c1ccc2ccccc2c1. The third-order valence-corrected chi connectivity index (χ3v) is 4.70. The highest BCUT2D eigenvalue weighted by Gasteiger charge is 2.10. The van der Waals surface area contributed by atoms with Gasteiger partial charge in [0.1, 0.15) is 5.82 Å². The molecule has 5 heteroatoms. The first-order valence-corrected chi connectivity index (χ1v) is 8.89. The van der Waals surface area contributed by atoms with Crippen molar-refractivity contribution >= 4 is 16.6 Å². The van der Waals surface area contributed by atoms with Gasteiger partial charge in [-0.1, -0.05) is 30.3 Å². The predicted octanol–water partition coefficient (Wildman–Crippen LogP) is 3.08. The van der Waals surface area contributed by atoms with Gasteiger partial charge in [0.05, 0.1) is 18.9 Å². The predicted molar refractivity (Wildman–Crippen MR) is 102 cm³/mol. The van der Waals surface area contributed by atoms with Crippen molar-refractivity contribution in [1.29, 1.82) is 0 Å². The van der Waals surface area contributed by atoms with Gasteiger partial charge in [0.25, 0.3) is 0 Å². The van der Waals surface area contributed by atoms with Crippen LogP contribution in [0.5, 0.6) is 0 Å². The van der Waals surface area contributed by atoms with Crippen LogP contribution < -0.4 is 5.32 Å². The van der Waals surface area contributed by atoms with Gasteiger partial charge < -0.3 is 10.1 Å². The van der Waals surface area contributed by atoms with E-state index in [1.54, 1.807) is 0 Å². The molecule has 2 heterocycles. The highest BCUT2D eigenvalue weighted by molar-refractivity contribution is 5.84. The Hall–Kier alpha value is -2.37. The van der Waals surface area contributed by atoms with E-state index in [2.05, 4.69) is 65.7 Å². The van der Waals surface area contributed by atoms with Crippen molar-refractivity contribution in [2.24, 2.45) is 0 Å². The van der Waals surface area contributed by atoms with Crippen LogP contribution in [0.25, 0.3) is 16.5 Å². The van der Waals surface area contributed by atoms with Crippen LogP contribution in [-0.4, -0.2) is 54.1 Å². The van der Waals surface area contributed by atoms with E-state index in [0.29, 0.717) is 0 Å². The lowest BCUT2D eigenvalue weighted by Gasteiger charge is -2.26. The molecule has 2 aromatic carbocycles. The number of hydrogen-bond acceptors (Lipinski definition) is 4. The van der Waals surface area contributed by atoms with Crippen molar-refractivity contribution in [2.75, 3.05) is 44.7 Å². The summed E-state index contributed by atoms with van der Waals surface area (Å²) < 4.78 is 7.39. The Balaban J connectivity index is 1.45.